The van der Waals surface area contributed by atoms with E-state index in [2.05, 4.69) is 10.0 Å². The molecule has 1 amide bonds. The Hall–Kier alpha value is -1.46. The van der Waals surface area contributed by atoms with Gasteiger partial charge in [0.15, 0.2) is 0 Å². The molecule has 1 saturated heterocycles. The zero-order valence-electron chi connectivity index (χ0n) is 7.00. The molecule has 0 aliphatic carbocycles. The van der Waals surface area contributed by atoms with Gasteiger partial charge in [-0.2, -0.15) is 0 Å². The van der Waals surface area contributed by atoms with Crippen molar-refractivity contribution < 1.29 is 9.90 Å². The van der Waals surface area contributed by atoms with Gasteiger partial charge in [-0.05, 0) is 12.0 Å². The first-order chi connectivity index (χ1) is 6.15. The SMILES string of the molecule is [N-]=[N+]=N[C@H]1CN(C(=O)O)CC[C@H]1N. The molecule has 72 valence electrons. The summed E-state index contributed by atoms with van der Waals surface area (Å²) in [5.74, 6) is 0. The normalized spacial score (nSPS) is 27.9. The van der Waals surface area contributed by atoms with Crippen LogP contribution in [0, 0.1) is 0 Å². The first kappa shape index (κ1) is 9.63. The lowest BCUT2D eigenvalue weighted by atomic mass is 10.0. The summed E-state index contributed by atoms with van der Waals surface area (Å²) < 4.78 is 0. The highest BCUT2D eigenvalue weighted by atomic mass is 16.4. The van der Waals surface area contributed by atoms with E-state index >= 15 is 0 Å². The highest BCUT2D eigenvalue weighted by molar-refractivity contribution is 5.65. The molecule has 1 heterocycles. The van der Waals surface area contributed by atoms with Crippen molar-refractivity contribution in [3.63, 3.8) is 0 Å². The van der Waals surface area contributed by atoms with Crippen LogP contribution >= 0.6 is 0 Å². The molecule has 0 aromatic rings. The van der Waals surface area contributed by atoms with E-state index in [1.165, 1.54) is 4.90 Å². The maximum Gasteiger partial charge on any atom is 0.407 e. The molecule has 7 nitrogen and oxygen atoms in total. The van der Waals surface area contributed by atoms with E-state index in [0.717, 1.165) is 0 Å². The molecule has 2 atom stereocenters. The van der Waals surface area contributed by atoms with Gasteiger partial charge in [-0.15, -0.1) is 0 Å². The molecule has 13 heavy (non-hydrogen) atoms. The van der Waals surface area contributed by atoms with Gasteiger partial charge >= 0.3 is 6.09 Å². The topological polar surface area (TPSA) is 115 Å². The molecule has 0 aromatic carbocycles. The first-order valence-corrected chi connectivity index (χ1v) is 3.93. The van der Waals surface area contributed by atoms with Gasteiger partial charge in [-0.25, -0.2) is 4.79 Å². The lowest BCUT2D eigenvalue weighted by Crippen LogP contribution is -2.51. The number of rotatable bonds is 1. The maximum absolute atomic E-state index is 10.6. The first-order valence-electron chi connectivity index (χ1n) is 3.93. The summed E-state index contributed by atoms with van der Waals surface area (Å²) in [6, 6.07) is -0.665. The van der Waals surface area contributed by atoms with Crippen molar-refractivity contribution in [2.24, 2.45) is 10.8 Å². The Kier molecular flexibility index (Phi) is 2.94. The minimum atomic E-state index is -0.995. The number of carbonyl (C=O) groups is 1. The quantitative estimate of drug-likeness (QED) is 0.349. The molecule has 0 unspecified atom stereocenters. The van der Waals surface area contributed by atoms with Crippen molar-refractivity contribution in [2.45, 2.75) is 18.5 Å². The second-order valence-corrected chi connectivity index (χ2v) is 2.95. The third-order valence-corrected chi connectivity index (χ3v) is 2.10. The lowest BCUT2D eigenvalue weighted by Gasteiger charge is -2.32. The Morgan fingerprint density at radius 1 is 1.77 bits per heavy atom. The summed E-state index contributed by atoms with van der Waals surface area (Å²) in [5.41, 5.74) is 13.8. The molecular formula is C6H11N5O2. The fraction of sp³-hybridized carbons (Fsp3) is 0.833. The van der Waals surface area contributed by atoms with Crippen LogP contribution in [0.15, 0.2) is 5.11 Å². The van der Waals surface area contributed by atoms with Crippen molar-refractivity contribution in [1.29, 1.82) is 0 Å². The molecule has 0 spiro atoms. The monoisotopic (exact) mass is 185 g/mol. The lowest BCUT2D eigenvalue weighted by molar-refractivity contribution is 0.126. The highest BCUT2D eigenvalue weighted by Gasteiger charge is 2.28. The number of hydrogen-bond acceptors (Lipinski definition) is 3. The molecular weight excluding hydrogens is 174 g/mol. The highest BCUT2D eigenvalue weighted by Crippen LogP contribution is 2.12. The summed E-state index contributed by atoms with van der Waals surface area (Å²) >= 11 is 0. The van der Waals surface area contributed by atoms with Crippen molar-refractivity contribution in [3.05, 3.63) is 10.4 Å². The van der Waals surface area contributed by atoms with Crippen LogP contribution < -0.4 is 5.73 Å². The molecule has 0 radical (unpaired) electrons. The fourth-order valence-corrected chi connectivity index (χ4v) is 1.31. The van der Waals surface area contributed by atoms with Crippen molar-refractivity contribution in [2.75, 3.05) is 13.1 Å². The number of hydrogen-bond donors (Lipinski definition) is 2. The van der Waals surface area contributed by atoms with Crippen molar-refractivity contribution in [1.82, 2.24) is 4.90 Å². The van der Waals surface area contributed by atoms with E-state index in [1.54, 1.807) is 0 Å². The summed E-state index contributed by atoms with van der Waals surface area (Å²) in [6.45, 7) is 0.606. The number of likely N-dealkylation sites (tertiary alicyclic amines) is 1. The van der Waals surface area contributed by atoms with Gasteiger partial charge in [0, 0.05) is 24.0 Å². The second kappa shape index (κ2) is 3.97. The van der Waals surface area contributed by atoms with Gasteiger partial charge in [0.05, 0.1) is 6.04 Å². The van der Waals surface area contributed by atoms with Crippen LogP contribution in [0.1, 0.15) is 6.42 Å². The molecule has 7 heteroatoms. The fourth-order valence-electron chi connectivity index (χ4n) is 1.31. The minimum absolute atomic E-state index is 0.195. The molecule has 1 fully saturated rings. The Balaban J connectivity index is 2.62. The molecule has 0 saturated carbocycles. The number of carboxylic acid groups (broad SMARTS) is 1. The van der Waals surface area contributed by atoms with E-state index < -0.39 is 12.1 Å². The average molecular weight is 185 g/mol. The largest absolute Gasteiger partial charge is 0.465 e. The van der Waals surface area contributed by atoms with Crippen molar-refractivity contribution in [3.8, 4) is 0 Å². The molecule has 1 rings (SSSR count). The third-order valence-electron chi connectivity index (χ3n) is 2.10. The van der Waals surface area contributed by atoms with Crippen LogP contribution in [0.3, 0.4) is 0 Å². The predicted octanol–water partition coefficient (Wildman–Crippen LogP) is 0.376. The van der Waals surface area contributed by atoms with E-state index in [9.17, 15) is 4.79 Å². The maximum atomic E-state index is 10.6. The Bertz CT molecular complexity index is 249. The van der Waals surface area contributed by atoms with E-state index in [0.29, 0.717) is 13.0 Å². The zero-order valence-corrected chi connectivity index (χ0v) is 7.00. The number of piperidine rings is 1. The van der Waals surface area contributed by atoms with Gasteiger partial charge in [0.1, 0.15) is 0 Å². The molecule has 0 aromatic heterocycles. The van der Waals surface area contributed by atoms with Crippen LogP contribution in [0.5, 0.6) is 0 Å². The van der Waals surface area contributed by atoms with E-state index in [-0.39, 0.29) is 12.6 Å². The van der Waals surface area contributed by atoms with E-state index in [4.69, 9.17) is 16.4 Å². The van der Waals surface area contributed by atoms with Crippen LogP contribution in [0.2, 0.25) is 0 Å². The van der Waals surface area contributed by atoms with Gasteiger partial charge < -0.3 is 15.7 Å². The van der Waals surface area contributed by atoms with Crippen LogP contribution in [0.25, 0.3) is 10.4 Å². The summed E-state index contributed by atoms with van der Waals surface area (Å²) in [6.07, 6.45) is -0.458. The minimum Gasteiger partial charge on any atom is -0.465 e. The average Bonchev–Trinajstić information content (AvgIpc) is 2.08. The smallest absolute Gasteiger partial charge is 0.407 e. The molecule has 1 aliphatic rings. The molecule has 3 N–H and O–H groups in total. The summed E-state index contributed by atoms with van der Waals surface area (Å²) in [5, 5.41) is 12.1. The standard InChI is InChI=1S/C6H11N5O2/c7-4-1-2-11(6(12)13)3-5(4)9-10-8/h4-5H,1-3,7H2,(H,12,13)/t4-,5+/m1/s1. The van der Waals surface area contributed by atoms with Gasteiger partial charge in [0.25, 0.3) is 0 Å². The predicted molar refractivity (Wildman–Crippen MR) is 45.1 cm³/mol. The van der Waals surface area contributed by atoms with Gasteiger partial charge in [-0.1, -0.05) is 5.11 Å². The van der Waals surface area contributed by atoms with Crippen molar-refractivity contribution >= 4 is 6.09 Å². The zero-order chi connectivity index (χ0) is 9.84. The third kappa shape index (κ3) is 2.24. The Morgan fingerprint density at radius 2 is 2.46 bits per heavy atom. The van der Waals surface area contributed by atoms with Gasteiger partial charge in [-0.3, -0.25) is 0 Å². The van der Waals surface area contributed by atoms with Crippen LogP contribution in [0.4, 0.5) is 4.79 Å². The second-order valence-electron chi connectivity index (χ2n) is 2.95. The number of amides is 1. The van der Waals surface area contributed by atoms with Crippen LogP contribution in [-0.2, 0) is 0 Å². The Morgan fingerprint density at radius 3 is 3.00 bits per heavy atom. The molecule has 1 aliphatic heterocycles. The number of azide groups is 1. The van der Waals surface area contributed by atoms with E-state index in [1.807, 2.05) is 0 Å². The number of nitrogens with zero attached hydrogens (tertiary/aromatic N) is 4. The molecule has 0 bridgehead atoms. The summed E-state index contributed by atoms with van der Waals surface area (Å²) in [7, 11) is 0. The number of nitrogens with two attached hydrogens (primary N) is 1. The van der Waals surface area contributed by atoms with Gasteiger partial charge in [0.2, 0.25) is 0 Å². The Labute approximate surface area is 74.7 Å². The van der Waals surface area contributed by atoms with Crippen LogP contribution in [-0.4, -0.2) is 41.3 Å². The summed E-state index contributed by atoms with van der Waals surface area (Å²) in [4.78, 5) is 14.4.